The Balaban J connectivity index is 0.975. The predicted octanol–water partition coefficient (Wildman–Crippen LogP) is 17.6. The molecule has 13 aromatic rings. The van der Waals surface area contributed by atoms with Crippen LogP contribution < -0.4 is 0 Å². The molecule has 0 bridgehead atoms. The minimum absolute atomic E-state index is 0.672. The van der Waals surface area contributed by atoms with Crippen LogP contribution in [-0.4, -0.2) is 14.5 Å². The highest BCUT2D eigenvalue weighted by Gasteiger charge is 2.19. The third-order valence-electron chi connectivity index (χ3n) is 13.2. The molecule has 0 fully saturated rings. The summed E-state index contributed by atoms with van der Waals surface area (Å²) in [6, 6.07) is 89.4. The van der Waals surface area contributed by atoms with Crippen molar-refractivity contribution in [3.05, 3.63) is 249 Å². The largest absolute Gasteiger partial charge is 0.309 e. The van der Waals surface area contributed by atoms with Gasteiger partial charge in [0.2, 0.25) is 0 Å². The number of aromatic nitrogens is 3. The number of benzene rings is 10. The van der Waals surface area contributed by atoms with Gasteiger partial charge in [0, 0.05) is 53.3 Å². The lowest BCUT2D eigenvalue weighted by Gasteiger charge is -2.13. The van der Waals surface area contributed by atoms with Gasteiger partial charge in [-0.1, -0.05) is 176 Å². The molecule has 10 aromatic carbocycles. The first-order valence-electron chi connectivity index (χ1n) is 23.0. The zero-order valence-electron chi connectivity index (χ0n) is 36.9. The van der Waals surface area contributed by atoms with Gasteiger partial charge in [-0.2, -0.15) is 0 Å². The van der Waals surface area contributed by atoms with Gasteiger partial charge in [0.05, 0.1) is 22.4 Å². The summed E-state index contributed by atoms with van der Waals surface area (Å²) in [6.45, 7) is 0. The van der Waals surface area contributed by atoms with Crippen LogP contribution in [0.4, 0.5) is 0 Å². The van der Waals surface area contributed by atoms with Crippen LogP contribution in [0.1, 0.15) is 0 Å². The van der Waals surface area contributed by atoms with Crippen LogP contribution in [0.25, 0.3) is 126 Å². The Bertz CT molecular complexity index is 4020. The lowest BCUT2D eigenvalue weighted by Crippen LogP contribution is -1.97. The first-order valence-corrected chi connectivity index (χ1v) is 23.9. The Labute approximate surface area is 398 Å². The van der Waals surface area contributed by atoms with E-state index in [9.17, 15) is 0 Å². The van der Waals surface area contributed by atoms with Gasteiger partial charge in [-0.15, -0.1) is 11.3 Å². The van der Waals surface area contributed by atoms with E-state index in [1.54, 1.807) is 0 Å². The average molecular weight is 884 g/mol. The Morgan fingerprint density at radius 1 is 0.294 bits per heavy atom. The molecule has 3 nitrogen and oxygen atoms in total. The third kappa shape index (κ3) is 7.07. The van der Waals surface area contributed by atoms with Gasteiger partial charge in [-0.05, 0) is 117 Å². The van der Waals surface area contributed by atoms with E-state index >= 15 is 0 Å². The number of para-hydroxylation sites is 1. The molecule has 3 heterocycles. The summed E-state index contributed by atoms with van der Waals surface area (Å²) >= 11 is 1.85. The number of hydrogen-bond acceptors (Lipinski definition) is 3. The summed E-state index contributed by atoms with van der Waals surface area (Å²) in [7, 11) is 0. The molecule has 0 spiro atoms. The minimum atomic E-state index is 0.672. The minimum Gasteiger partial charge on any atom is -0.309 e. The maximum atomic E-state index is 5.42. The molecule has 4 heteroatoms. The fourth-order valence-corrected chi connectivity index (χ4v) is 11.0. The van der Waals surface area contributed by atoms with Gasteiger partial charge in [-0.25, -0.2) is 9.97 Å². The number of thiophene rings is 1. The lowest BCUT2D eigenvalue weighted by atomic mass is 9.96. The molecule has 0 unspecified atom stereocenters. The molecule has 0 saturated carbocycles. The molecular formula is C64H41N3S. The van der Waals surface area contributed by atoms with E-state index in [0.29, 0.717) is 5.82 Å². The Hall–Kier alpha value is -8.70. The topological polar surface area (TPSA) is 30.7 Å². The molecular weight excluding hydrogens is 843 g/mol. The molecule has 318 valence electrons. The fraction of sp³-hybridized carbons (Fsp3) is 0. The predicted molar refractivity (Wildman–Crippen MR) is 287 cm³/mol. The normalized spacial score (nSPS) is 11.5. The van der Waals surface area contributed by atoms with E-state index in [-0.39, 0.29) is 0 Å². The summed E-state index contributed by atoms with van der Waals surface area (Å²) in [5, 5.41) is 5.00. The summed E-state index contributed by atoms with van der Waals surface area (Å²) in [5.74, 6) is 0.672. The van der Waals surface area contributed by atoms with E-state index < -0.39 is 0 Å². The number of hydrogen-bond donors (Lipinski definition) is 0. The molecule has 0 amide bonds. The molecule has 3 aromatic heterocycles. The highest BCUT2D eigenvalue weighted by molar-refractivity contribution is 7.25. The fourth-order valence-electron chi connectivity index (χ4n) is 9.93. The van der Waals surface area contributed by atoms with Crippen molar-refractivity contribution < 1.29 is 0 Å². The lowest BCUT2D eigenvalue weighted by molar-refractivity contribution is 1.18. The van der Waals surface area contributed by atoms with Crippen LogP contribution in [0.15, 0.2) is 249 Å². The molecule has 0 saturated heterocycles. The van der Waals surface area contributed by atoms with Crippen LogP contribution in [-0.2, 0) is 0 Å². The summed E-state index contributed by atoms with van der Waals surface area (Å²) in [5.41, 5.74) is 17.5. The van der Waals surface area contributed by atoms with Gasteiger partial charge in [0.25, 0.3) is 0 Å². The van der Waals surface area contributed by atoms with Crippen LogP contribution in [0.2, 0.25) is 0 Å². The molecule has 0 aliphatic carbocycles. The molecule has 0 atom stereocenters. The van der Waals surface area contributed by atoms with Crippen molar-refractivity contribution >= 4 is 53.3 Å². The third-order valence-corrected chi connectivity index (χ3v) is 14.4. The van der Waals surface area contributed by atoms with Crippen molar-refractivity contribution in [2.24, 2.45) is 0 Å². The van der Waals surface area contributed by atoms with Crippen molar-refractivity contribution in [2.45, 2.75) is 0 Å². The van der Waals surface area contributed by atoms with Gasteiger partial charge in [-0.3, -0.25) is 0 Å². The molecule has 0 aliphatic heterocycles. The summed E-state index contributed by atoms with van der Waals surface area (Å²) in [6.07, 6.45) is 0. The first kappa shape index (κ1) is 39.6. The highest BCUT2D eigenvalue weighted by atomic mass is 32.1. The Morgan fingerprint density at radius 2 is 0.794 bits per heavy atom. The van der Waals surface area contributed by atoms with E-state index in [2.05, 4.69) is 253 Å². The first-order chi connectivity index (χ1) is 33.7. The van der Waals surface area contributed by atoms with E-state index in [0.717, 1.165) is 61.5 Å². The number of rotatable bonds is 8. The molecule has 0 N–H and O–H groups in total. The van der Waals surface area contributed by atoms with Gasteiger partial charge in [0.1, 0.15) is 0 Å². The quantitative estimate of drug-likeness (QED) is 0.152. The van der Waals surface area contributed by atoms with Crippen LogP contribution >= 0.6 is 11.3 Å². The van der Waals surface area contributed by atoms with E-state index in [1.807, 2.05) is 11.3 Å². The second-order valence-electron chi connectivity index (χ2n) is 17.3. The van der Waals surface area contributed by atoms with Crippen molar-refractivity contribution in [2.75, 3.05) is 0 Å². The van der Waals surface area contributed by atoms with Gasteiger partial charge < -0.3 is 4.57 Å². The van der Waals surface area contributed by atoms with Crippen molar-refractivity contribution in [3.8, 4) is 84.1 Å². The number of nitrogens with zero attached hydrogens (tertiary/aromatic N) is 3. The van der Waals surface area contributed by atoms with Crippen molar-refractivity contribution in [3.63, 3.8) is 0 Å². The smallest absolute Gasteiger partial charge is 0.160 e. The molecule has 0 aliphatic rings. The second kappa shape index (κ2) is 16.6. The second-order valence-corrected chi connectivity index (χ2v) is 18.4. The molecule has 0 radical (unpaired) electrons. The van der Waals surface area contributed by atoms with Crippen molar-refractivity contribution in [1.29, 1.82) is 0 Å². The van der Waals surface area contributed by atoms with Gasteiger partial charge in [0.15, 0.2) is 5.82 Å². The Kier molecular flexibility index (Phi) is 9.69. The number of fused-ring (bicyclic) bond motifs is 6. The average Bonchev–Trinajstić information content (AvgIpc) is 3.97. The van der Waals surface area contributed by atoms with Crippen LogP contribution in [0.3, 0.4) is 0 Å². The monoisotopic (exact) mass is 883 g/mol. The zero-order chi connectivity index (χ0) is 45.0. The van der Waals surface area contributed by atoms with Crippen LogP contribution in [0, 0.1) is 0 Å². The molecule has 68 heavy (non-hydrogen) atoms. The SMILES string of the molecule is c1ccc(-c2cccc(-c3cc(-c4cccc(-c5ccc6sc7ccccc7c6c5)c4)nc(-c4cccc(-c5cccc6c5c5cc(-c7ccccc7)ccc5n6-c5ccccc5)c4)n3)c2)cc1. The zero-order valence-corrected chi connectivity index (χ0v) is 37.7. The maximum Gasteiger partial charge on any atom is 0.160 e. The van der Waals surface area contributed by atoms with Crippen molar-refractivity contribution in [1.82, 2.24) is 14.5 Å². The van der Waals surface area contributed by atoms with Gasteiger partial charge >= 0.3 is 0 Å². The van der Waals surface area contributed by atoms with E-state index in [1.165, 1.54) is 58.7 Å². The van der Waals surface area contributed by atoms with E-state index in [4.69, 9.17) is 9.97 Å². The maximum absolute atomic E-state index is 5.42. The molecule has 13 rings (SSSR count). The Morgan fingerprint density at radius 3 is 1.51 bits per heavy atom. The van der Waals surface area contributed by atoms with Crippen LogP contribution in [0.5, 0.6) is 0 Å². The standard InChI is InChI=1S/C64H41N3S/c1-4-16-42(17-5-1)44-20-12-23-49(36-44)57-41-58(50-24-13-21-45(37-50)47-33-35-62-55(39-47)54-28-10-11-31-61(54)68-62)66-64(65-57)51-25-14-22-48(38-51)53-29-15-30-60-63(53)56-40-46(43-18-6-2-7-19-43)32-34-59(56)67(60)52-26-8-3-9-27-52/h1-41H. The summed E-state index contributed by atoms with van der Waals surface area (Å²) in [4.78, 5) is 10.8. The summed E-state index contributed by atoms with van der Waals surface area (Å²) < 4.78 is 5.00. The highest BCUT2D eigenvalue weighted by Crippen LogP contribution is 2.42.